The quantitative estimate of drug-likeness (QED) is 0.736. The third kappa shape index (κ3) is 5.23. The van der Waals surface area contributed by atoms with Crippen LogP contribution in [0.3, 0.4) is 0 Å². The average Bonchev–Trinajstić information content (AvgIpc) is 2.69. The number of carbonyl (C=O) groups is 2. The molecule has 1 aliphatic rings. The number of Topliss-reactive ketones (excluding diaryl/α,β-unsaturated/α-hetero) is 1. The van der Waals surface area contributed by atoms with E-state index in [1.54, 1.807) is 12.1 Å². The zero-order chi connectivity index (χ0) is 19.2. The van der Waals surface area contributed by atoms with E-state index < -0.39 is 5.82 Å². The Morgan fingerprint density at radius 2 is 1.70 bits per heavy atom. The minimum Gasteiger partial charge on any atom is -0.340 e. The molecule has 27 heavy (non-hydrogen) atoms. The Morgan fingerprint density at radius 1 is 1.00 bits per heavy atom. The number of amides is 1. The van der Waals surface area contributed by atoms with Gasteiger partial charge in [0.2, 0.25) is 5.91 Å². The smallest absolute Gasteiger partial charge is 0.222 e. The summed E-state index contributed by atoms with van der Waals surface area (Å²) in [5.74, 6) is -0.532. The highest BCUT2D eigenvalue weighted by Crippen LogP contribution is 2.13. The van der Waals surface area contributed by atoms with Gasteiger partial charge in [-0.05, 0) is 31.0 Å². The predicted molar refractivity (Wildman–Crippen MR) is 103 cm³/mol. The van der Waals surface area contributed by atoms with Crippen LogP contribution in [0.1, 0.15) is 27.9 Å². The van der Waals surface area contributed by atoms with E-state index in [4.69, 9.17) is 0 Å². The van der Waals surface area contributed by atoms with Gasteiger partial charge in [-0.15, -0.1) is 0 Å². The van der Waals surface area contributed by atoms with Crippen LogP contribution in [0.5, 0.6) is 0 Å². The first-order chi connectivity index (χ1) is 13.0. The molecule has 0 atom stereocenters. The number of nitrogens with zero attached hydrogens (tertiary/aromatic N) is 2. The summed E-state index contributed by atoms with van der Waals surface area (Å²) in [4.78, 5) is 28.6. The third-order valence-corrected chi connectivity index (χ3v) is 4.98. The average molecular weight is 368 g/mol. The van der Waals surface area contributed by atoms with E-state index in [2.05, 4.69) is 0 Å². The van der Waals surface area contributed by atoms with Crippen LogP contribution in [0, 0.1) is 12.7 Å². The Morgan fingerprint density at radius 3 is 2.41 bits per heavy atom. The number of hydrogen-bond acceptors (Lipinski definition) is 3. The Hall–Kier alpha value is -2.53. The van der Waals surface area contributed by atoms with E-state index in [-0.39, 0.29) is 23.8 Å². The number of ketones is 1. The second kappa shape index (κ2) is 8.91. The van der Waals surface area contributed by atoms with Crippen molar-refractivity contribution in [1.29, 1.82) is 0 Å². The van der Waals surface area contributed by atoms with Gasteiger partial charge in [-0.3, -0.25) is 14.5 Å². The summed E-state index contributed by atoms with van der Waals surface area (Å²) >= 11 is 0. The molecule has 1 amide bonds. The van der Waals surface area contributed by atoms with Gasteiger partial charge < -0.3 is 4.90 Å². The van der Waals surface area contributed by atoms with Crippen molar-refractivity contribution in [2.45, 2.75) is 19.8 Å². The SMILES string of the molecule is Cc1ccc(F)c(C(=O)CN2CCN(C(=O)CCc3ccccc3)CC2)c1. The molecule has 4 nitrogen and oxygen atoms in total. The molecule has 1 heterocycles. The van der Waals surface area contributed by atoms with E-state index in [9.17, 15) is 14.0 Å². The normalized spacial score (nSPS) is 15.0. The Balaban J connectivity index is 1.46. The van der Waals surface area contributed by atoms with Crippen molar-refractivity contribution in [3.63, 3.8) is 0 Å². The topological polar surface area (TPSA) is 40.6 Å². The van der Waals surface area contributed by atoms with Crippen molar-refractivity contribution >= 4 is 11.7 Å². The first kappa shape index (κ1) is 19.2. The fourth-order valence-electron chi connectivity index (χ4n) is 3.35. The maximum absolute atomic E-state index is 13.9. The largest absolute Gasteiger partial charge is 0.340 e. The van der Waals surface area contributed by atoms with Crippen LogP contribution in [0.25, 0.3) is 0 Å². The lowest BCUT2D eigenvalue weighted by atomic mass is 10.1. The summed E-state index contributed by atoms with van der Waals surface area (Å²) in [5, 5.41) is 0. The van der Waals surface area contributed by atoms with E-state index in [0.29, 0.717) is 32.6 Å². The maximum Gasteiger partial charge on any atom is 0.222 e. The molecule has 0 N–H and O–H groups in total. The van der Waals surface area contributed by atoms with Crippen molar-refractivity contribution < 1.29 is 14.0 Å². The molecule has 0 aliphatic carbocycles. The number of hydrogen-bond donors (Lipinski definition) is 0. The molecule has 5 heteroatoms. The molecule has 1 aliphatic heterocycles. The Kier molecular flexibility index (Phi) is 6.35. The van der Waals surface area contributed by atoms with Crippen molar-refractivity contribution in [2.24, 2.45) is 0 Å². The molecule has 2 aromatic rings. The first-order valence-corrected chi connectivity index (χ1v) is 9.36. The van der Waals surface area contributed by atoms with E-state index in [1.165, 1.54) is 6.07 Å². The van der Waals surface area contributed by atoms with Gasteiger partial charge in [0.25, 0.3) is 0 Å². The molecule has 1 fully saturated rings. The zero-order valence-electron chi connectivity index (χ0n) is 15.7. The highest BCUT2D eigenvalue weighted by atomic mass is 19.1. The van der Waals surface area contributed by atoms with Crippen molar-refractivity contribution in [2.75, 3.05) is 32.7 Å². The second-order valence-corrected chi connectivity index (χ2v) is 7.05. The lowest BCUT2D eigenvalue weighted by molar-refractivity contribution is -0.132. The van der Waals surface area contributed by atoms with Crippen LogP contribution in [0.2, 0.25) is 0 Å². The standard InChI is InChI=1S/C22H25FN2O2/c1-17-7-9-20(23)19(15-17)21(26)16-24-11-13-25(14-12-24)22(27)10-8-18-5-3-2-4-6-18/h2-7,9,15H,8,10-14,16H2,1H3. The molecule has 0 bridgehead atoms. The number of carbonyl (C=O) groups excluding carboxylic acids is 2. The van der Waals surface area contributed by atoms with Crippen LogP contribution in [-0.2, 0) is 11.2 Å². The summed E-state index contributed by atoms with van der Waals surface area (Å²) in [6.07, 6.45) is 1.24. The van der Waals surface area contributed by atoms with Gasteiger partial charge in [-0.2, -0.15) is 0 Å². The first-order valence-electron chi connectivity index (χ1n) is 9.36. The molecule has 142 valence electrons. The van der Waals surface area contributed by atoms with Gasteiger partial charge in [0.1, 0.15) is 5.82 Å². The molecular weight excluding hydrogens is 343 g/mol. The number of benzene rings is 2. The number of rotatable bonds is 6. The molecule has 0 aromatic heterocycles. The molecule has 2 aromatic carbocycles. The summed E-state index contributed by atoms with van der Waals surface area (Å²) < 4.78 is 13.9. The lowest BCUT2D eigenvalue weighted by Gasteiger charge is -2.34. The fourth-order valence-corrected chi connectivity index (χ4v) is 3.35. The highest BCUT2D eigenvalue weighted by Gasteiger charge is 2.23. The van der Waals surface area contributed by atoms with Gasteiger partial charge in [-0.25, -0.2) is 4.39 Å². The van der Waals surface area contributed by atoms with E-state index in [0.717, 1.165) is 17.5 Å². The van der Waals surface area contributed by atoms with Gasteiger partial charge in [-0.1, -0.05) is 42.0 Å². The highest BCUT2D eigenvalue weighted by molar-refractivity contribution is 5.98. The number of aryl methyl sites for hydroxylation is 2. The van der Waals surface area contributed by atoms with Crippen molar-refractivity contribution in [1.82, 2.24) is 9.80 Å². The van der Waals surface area contributed by atoms with Gasteiger partial charge >= 0.3 is 0 Å². The van der Waals surface area contributed by atoms with Crippen LogP contribution in [0.15, 0.2) is 48.5 Å². The molecule has 3 rings (SSSR count). The summed E-state index contributed by atoms with van der Waals surface area (Å²) in [6.45, 7) is 4.52. The number of halogens is 1. The molecule has 0 unspecified atom stereocenters. The molecule has 0 spiro atoms. The van der Waals surface area contributed by atoms with E-state index >= 15 is 0 Å². The third-order valence-electron chi connectivity index (χ3n) is 4.98. The second-order valence-electron chi connectivity index (χ2n) is 7.05. The molecule has 1 saturated heterocycles. The van der Waals surface area contributed by atoms with Gasteiger partial charge in [0.05, 0.1) is 12.1 Å². The van der Waals surface area contributed by atoms with E-state index in [1.807, 2.05) is 47.1 Å². The summed E-state index contributed by atoms with van der Waals surface area (Å²) in [5.41, 5.74) is 2.18. The summed E-state index contributed by atoms with van der Waals surface area (Å²) in [6, 6.07) is 14.6. The predicted octanol–water partition coefficient (Wildman–Crippen LogP) is 3.09. The molecule has 0 saturated carbocycles. The van der Waals surface area contributed by atoms with Crippen LogP contribution >= 0.6 is 0 Å². The fraction of sp³-hybridized carbons (Fsp3) is 0.364. The number of piperazine rings is 1. The van der Waals surface area contributed by atoms with Crippen LogP contribution in [0.4, 0.5) is 4.39 Å². The molecular formula is C22H25FN2O2. The lowest BCUT2D eigenvalue weighted by Crippen LogP contribution is -2.50. The zero-order valence-corrected chi connectivity index (χ0v) is 15.7. The van der Waals surface area contributed by atoms with Crippen molar-refractivity contribution in [3.05, 3.63) is 71.0 Å². The maximum atomic E-state index is 13.9. The van der Waals surface area contributed by atoms with Gasteiger partial charge in [0.15, 0.2) is 5.78 Å². The minimum atomic E-state index is -0.472. The Labute approximate surface area is 159 Å². The Bertz CT molecular complexity index is 799. The van der Waals surface area contributed by atoms with Crippen molar-refractivity contribution in [3.8, 4) is 0 Å². The van der Waals surface area contributed by atoms with Crippen LogP contribution in [-0.4, -0.2) is 54.2 Å². The minimum absolute atomic E-state index is 0.148. The van der Waals surface area contributed by atoms with Crippen LogP contribution < -0.4 is 0 Å². The summed E-state index contributed by atoms with van der Waals surface area (Å²) in [7, 11) is 0. The molecule has 0 radical (unpaired) electrons. The monoisotopic (exact) mass is 368 g/mol. The van der Waals surface area contributed by atoms with Gasteiger partial charge in [0, 0.05) is 32.6 Å².